The fourth-order valence-electron chi connectivity index (χ4n) is 4.35. The summed E-state index contributed by atoms with van der Waals surface area (Å²) in [5.74, 6) is -1.35. The third-order valence-corrected chi connectivity index (χ3v) is 6.15. The van der Waals surface area contributed by atoms with Crippen LogP contribution in [0.25, 0.3) is 0 Å². The minimum atomic E-state index is -1.31. The Hall–Kier alpha value is -4.91. The lowest BCUT2D eigenvalue weighted by atomic mass is 9.77. The SMILES string of the molecule is O=C(CC[C@H](NC(=O)Oc1ccccc1)C(=O)O)NC(c1ccccc1)(c1ccccc1)c1ccccc1. The Bertz CT molecular complexity index is 1250. The first-order valence-electron chi connectivity index (χ1n) is 12.2. The molecule has 0 unspecified atom stereocenters. The Morgan fingerprint density at radius 3 is 1.53 bits per heavy atom. The summed E-state index contributed by atoms with van der Waals surface area (Å²) in [6.45, 7) is 0. The van der Waals surface area contributed by atoms with Crippen LogP contribution >= 0.6 is 0 Å². The first-order valence-corrected chi connectivity index (χ1v) is 12.2. The average Bonchev–Trinajstić information content (AvgIpc) is 2.96. The van der Waals surface area contributed by atoms with Crippen LogP contribution in [0, 0.1) is 0 Å². The molecule has 1 atom stereocenters. The summed E-state index contributed by atoms with van der Waals surface area (Å²) in [5.41, 5.74) is 1.54. The molecule has 0 fully saturated rings. The number of rotatable bonds is 10. The number of ether oxygens (including phenoxy) is 1. The van der Waals surface area contributed by atoms with E-state index in [2.05, 4.69) is 10.6 Å². The zero-order valence-corrected chi connectivity index (χ0v) is 20.6. The monoisotopic (exact) mass is 508 g/mol. The molecule has 0 aliphatic rings. The van der Waals surface area contributed by atoms with Crippen LogP contribution in [0.1, 0.15) is 29.5 Å². The quantitative estimate of drug-likeness (QED) is 0.258. The summed E-state index contributed by atoms with van der Waals surface area (Å²) in [6, 6.07) is 35.9. The number of hydrogen-bond donors (Lipinski definition) is 3. The fraction of sp³-hybridized carbons (Fsp3) is 0.129. The predicted octanol–water partition coefficient (Wildman–Crippen LogP) is 5.12. The van der Waals surface area contributed by atoms with Gasteiger partial charge in [0.1, 0.15) is 17.3 Å². The zero-order valence-electron chi connectivity index (χ0n) is 20.6. The number of hydrogen-bond acceptors (Lipinski definition) is 4. The summed E-state index contributed by atoms with van der Waals surface area (Å²) in [6.07, 6.45) is -1.17. The van der Waals surface area contributed by atoms with E-state index in [-0.39, 0.29) is 24.5 Å². The van der Waals surface area contributed by atoms with Crippen molar-refractivity contribution in [1.29, 1.82) is 0 Å². The Kier molecular flexibility index (Phi) is 8.51. The van der Waals surface area contributed by atoms with E-state index in [0.717, 1.165) is 16.7 Å². The van der Waals surface area contributed by atoms with Gasteiger partial charge in [0.25, 0.3) is 0 Å². The lowest BCUT2D eigenvalue weighted by Crippen LogP contribution is -2.48. The van der Waals surface area contributed by atoms with Crippen molar-refractivity contribution in [2.75, 3.05) is 0 Å². The van der Waals surface area contributed by atoms with Crippen molar-refractivity contribution in [2.24, 2.45) is 0 Å². The number of amides is 2. The molecule has 0 aromatic heterocycles. The Morgan fingerprint density at radius 1 is 0.684 bits per heavy atom. The van der Waals surface area contributed by atoms with Gasteiger partial charge in [0.05, 0.1) is 0 Å². The molecule has 0 bridgehead atoms. The first kappa shape index (κ1) is 26.2. The second-order valence-electron chi connectivity index (χ2n) is 8.67. The highest BCUT2D eigenvalue weighted by molar-refractivity contribution is 5.83. The molecule has 2 amide bonds. The maximum absolute atomic E-state index is 13.4. The maximum atomic E-state index is 13.4. The van der Waals surface area contributed by atoms with Crippen molar-refractivity contribution < 1.29 is 24.2 Å². The fourth-order valence-corrected chi connectivity index (χ4v) is 4.35. The molecule has 0 spiro atoms. The Morgan fingerprint density at radius 2 is 1.11 bits per heavy atom. The lowest BCUT2D eigenvalue weighted by molar-refractivity contribution is -0.139. The van der Waals surface area contributed by atoms with Gasteiger partial charge in [-0.25, -0.2) is 9.59 Å². The smallest absolute Gasteiger partial charge is 0.413 e. The summed E-state index contributed by atoms with van der Waals surface area (Å²) in [7, 11) is 0. The molecule has 7 nitrogen and oxygen atoms in total. The minimum absolute atomic E-state index is 0.125. The van der Waals surface area contributed by atoms with Crippen LogP contribution in [0.2, 0.25) is 0 Å². The molecule has 4 rings (SSSR count). The van der Waals surface area contributed by atoms with Crippen LogP contribution < -0.4 is 15.4 Å². The molecule has 0 aliphatic heterocycles. The molecule has 7 heteroatoms. The van der Waals surface area contributed by atoms with E-state index < -0.39 is 23.6 Å². The highest BCUT2D eigenvalue weighted by Gasteiger charge is 2.38. The molecule has 4 aromatic rings. The van der Waals surface area contributed by atoms with E-state index in [1.807, 2.05) is 91.0 Å². The number of nitrogens with one attached hydrogen (secondary N) is 2. The van der Waals surface area contributed by atoms with Gasteiger partial charge >= 0.3 is 12.1 Å². The molecule has 0 heterocycles. The highest BCUT2D eigenvalue weighted by Crippen LogP contribution is 2.36. The van der Waals surface area contributed by atoms with E-state index in [0.29, 0.717) is 0 Å². The van der Waals surface area contributed by atoms with Gasteiger partial charge in [-0.15, -0.1) is 0 Å². The number of carboxylic acids is 1. The molecule has 38 heavy (non-hydrogen) atoms. The van der Waals surface area contributed by atoms with Crippen LogP contribution in [-0.4, -0.2) is 29.1 Å². The van der Waals surface area contributed by atoms with Gasteiger partial charge < -0.3 is 20.5 Å². The molecule has 0 aliphatic carbocycles. The van der Waals surface area contributed by atoms with E-state index in [9.17, 15) is 19.5 Å². The van der Waals surface area contributed by atoms with Gasteiger partial charge in [-0.05, 0) is 35.2 Å². The topological polar surface area (TPSA) is 105 Å². The summed E-state index contributed by atoms with van der Waals surface area (Å²) < 4.78 is 5.14. The lowest BCUT2D eigenvalue weighted by Gasteiger charge is -2.37. The van der Waals surface area contributed by atoms with E-state index in [1.54, 1.807) is 30.3 Å². The maximum Gasteiger partial charge on any atom is 0.413 e. The van der Waals surface area contributed by atoms with Gasteiger partial charge in [0.15, 0.2) is 0 Å². The third kappa shape index (κ3) is 6.25. The largest absolute Gasteiger partial charge is 0.480 e. The summed E-state index contributed by atoms with van der Waals surface area (Å²) in [5, 5.41) is 15.2. The number of carbonyl (C=O) groups excluding carboxylic acids is 2. The number of para-hydroxylation sites is 1. The van der Waals surface area contributed by atoms with Crippen LogP contribution in [-0.2, 0) is 15.1 Å². The van der Waals surface area contributed by atoms with Crippen molar-refractivity contribution in [1.82, 2.24) is 10.6 Å². The highest BCUT2D eigenvalue weighted by atomic mass is 16.6. The zero-order chi connectivity index (χ0) is 26.8. The molecule has 0 radical (unpaired) electrons. The average molecular weight is 509 g/mol. The second-order valence-corrected chi connectivity index (χ2v) is 8.67. The molecule has 192 valence electrons. The molecular weight excluding hydrogens is 480 g/mol. The third-order valence-electron chi connectivity index (χ3n) is 6.15. The van der Waals surface area contributed by atoms with Crippen molar-refractivity contribution in [3.63, 3.8) is 0 Å². The number of benzene rings is 4. The van der Waals surface area contributed by atoms with Crippen LogP contribution in [0.4, 0.5) is 4.79 Å². The summed E-state index contributed by atoms with van der Waals surface area (Å²) in [4.78, 5) is 37.5. The normalized spacial score (nSPS) is 11.7. The predicted molar refractivity (Wildman–Crippen MR) is 144 cm³/mol. The minimum Gasteiger partial charge on any atom is -0.480 e. The van der Waals surface area contributed by atoms with Gasteiger partial charge in [0.2, 0.25) is 5.91 Å². The van der Waals surface area contributed by atoms with E-state index in [1.165, 1.54) is 0 Å². The number of carbonyl (C=O) groups is 3. The van der Waals surface area contributed by atoms with E-state index >= 15 is 0 Å². The molecule has 3 N–H and O–H groups in total. The van der Waals surface area contributed by atoms with Gasteiger partial charge in [-0.1, -0.05) is 109 Å². The standard InChI is InChI=1S/C31H28N2O5/c34-28(22-21-27(29(35)36)32-30(37)38-26-19-11-4-12-20-26)33-31(23-13-5-1-6-14-23,24-15-7-2-8-16-24)25-17-9-3-10-18-25/h1-20,27H,21-22H2,(H,32,37)(H,33,34)(H,35,36)/t27-/m0/s1. The van der Waals surface area contributed by atoms with Crippen LogP contribution in [0.15, 0.2) is 121 Å². The van der Waals surface area contributed by atoms with Crippen molar-refractivity contribution in [2.45, 2.75) is 24.4 Å². The number of aliphatic carboxylic acids is 1. The molecule has 0 saturated heterocycles. The van der Waals surface area contributed by atoms with Crippen molar-refractivity contribution in [3.8, 4) is 5.75 Å². The second kappa shape index (κ2) is 12.4. The van der Waals surface area contributed by atoms with Crippen LogP contribution in [0.5, 0.6) is 5.75 Å². The van der Waals surface area contributed by atoms with E-state index in [4.69, 9.17) is 4.74 Å². The summed E-state index contributed by atoms with van der Waals surface area (Å²) >= 11 is 0. The Balaban J connectivity index is 1.56. The first-order chi connectivity index (χ1) is 18.5. The van der Waals surface area contributed by atoms with Gasteiger partial charge in [0, 0.05) is 6.42 Å². The molecular formula is C31H28N2O5. The van der Waals surface area contributed by atoms with Crippen LogP contribution in [0.3, 0.4) is 0 Å². The Labute approximate surface area is 221 Å². The van der Waals surface area contributed by atoms with Gasteiger partial charge in [-0.3, -0.25) is 4.79 Å². The van der Waals surface area contributed by atoms with Crippen molar-refractivity contribution in [3.05, 3.63) is 138 Å². The molecule has 0 saturated carbocycles. The van der Waals surface area contributed by atoms with Gasteiger partial charge in [-0.2, -0.15) is 0 Å². The van der Waals surface area contributed by atoms with Crippen molar-refractivity contribution >= 4 is 18.0 Å². The number of carboxylic acid groups (broad SMARTS) is 1. The molecule has 4 aromatic carbocycles.